The summed E-state index contributed by atoms with van der Waals surface area (Å²) < 4.78 is 11.0. The van der Waals surface area contributed by atoms with Crippen molar-refractivity contribution >= 4 is 87.2 Å². The summed E-state index contributed by atoms with van der Waals surface area (Å²) in [6.07, 6.45) is 0. The molecule has 0 atom stereocenters. The lowest BCUT2D eigenvalue weighted by molar-refractivity contribution is 0.669. The van der Waals surface area contributed by atoms with Crippen LogP contribution in [0.15, 0.2) is 174 Å². The van der Waals surface area contributed by atoms with Crippen LogP contribution in [0.25, 0.3) is 110 Å². The Morgan fingerprint density at radius 1 is 0.396 bits per heavy atom. The summed E-state index contributed by atoms with van der Waals surface area (Å²) in [6.45, 7) is 0. The van der Waals surface area contributed by atoms with E-state index >= 15 is 0 Å². The van der Waals surface area contributed by atoms with Crippen molar-refractivity contribution in [2.24, 2.45) is 0 Å². The quantitative estimate of drug-likeness (QED) is 0.187. The van der Waals surface area contributed by atoms with Crippen LogP contribution >= 0.6 is 0 Å². The van der Waals surface area contributed by atoms with Crippen LogP contribution in [-0.4, -0.2) is 19.1 Å². The second kappa shape index (κ2) is 10.6. The van der Waals surface area contributed by atoms with Crippen molar-refractivity contribution < 1.29 is 4.42 Å². The summed E-state index contributed by atoms with van der Waals surface area (Å²) in [6, 6.07) is 60.1. The molecule has 0 aliphatic heterocycles. The van der Waals surface area contributed by atoms with Gasteiger partial charge in [0.05, 0.1) is 39.0 Å². The molecule has 4 aromatic heterocycles. The van der Waals surface area contributed by atoms with E-state index in [0.717, 1.165) is 77.0 Å². The molecule has 4 heterocycles. The van der Waals surface area contributed by atoms with Gasteiger partial charge in [-0.15, -0.1) is 0 Å². The highest BCUT2D eigenvalue weighted by molar-refractivity contribution is 6.17. The molecule has 0 saturated heterocycles. The maximum Gasteiger partial charge on any atom is 0.235 e. The Morgan fingerprint density at radius 2 is 1.00 bits per heavy atom. The third-order valence-electron chi connectivity index (χ3n) is 10.9. The first-order chi connectivity index (χ1) is 26.3. The number of hydrogen-bond donors (Lipinski definition) is 0. The van der Waals surface area contributed by atoms with E-state index in [2.05, 4.69) is 155 Å². The topological polar surface area (TPSA) is 48.8 Å². The van der Waals surface area contributed by atoms with Gasteiger partial charge in [0.25, 0.3) is 0 Å². The molecule has 0 fully saturated rings. The smallest absolute Gasteiger partial charge is 0.235 e. The fourth-order valence-electron chi connectivity index (χ4n) is 8.66. The Morgan fingerprint density at radius 3 is 1.77 bits per heavy atom. The molecule has 246 valence electrons. The van der Waals surface area contributed by atoms with E-state index < -0.39 is 0 Å². The maximum atomic E-state index is 6.32. The number of fused-ring (bicyclic) bond motifs is 11. The molecule has 0 N–H and O–H groups in total. The van der Waals surface area contributed by atoms with Crippen LogP contribution in [-0.2, 0) is 0 Å². The van der Waals surface area contributed by atoms with Gasteiger partial charge in [-0.3, -0.25) is 4.57 Å². The Labute approximate surface area is 302 Å². The molecule has 12 aromatic rings. The average Bonchev–Trinajstić information content (AvgIpc) is 3.87. The summed E-state index contributed by atoms with van der Waals surface area (Å²) in [5.74, 6) is 0.632. The standard InChI is InChI=1S/C48H28N4O/c1-6-20-38-33(17-1)47(35-19-12-26-45-46(35)34-18-5-10-25-44(34)53-45)50-48(49-38)52-41-23-9-4-16-32(41)37-28-36-29(27-43(37)52)13-11-24-42(36)51-39-21-7-2-14-30(39)31-15-3-8-22-40(31)51/h1-28H. The highest BCUT2D eigenvalue weighted by Crippen LogP contribution is 2.41. The molecule has 5 heteroatoms. The maximum absolute atomic E-state index is 6.32. The Bertz CT molecular complexity index is 3420. The SMILES string of the molecule is c1cc(-n2c3ccccc3c3ccccc32)c2cc3c4ccccc4n(-c4nc(-c5cccc6oc7ccccc7c56)c5ccccc5n4)c3cc2c1. The Hall–Kier alpha value is -7.24. The van der Waals surface area contributed by atoms with E-state index in [9.17, 15) is 0 Å². The largest absolute Gasteiger partial charge is 0.456 e. The van der Waals surface area contributed by atoms with E-state index in [0.29, 0.717) is 5.95 Å². The number of rotatable bonds is 3. The zero-order valence-corrected chi connectivity index (χ0v) is 28.4. The molecular weight excluding hydrogens is 649 g/mol. The summed E-state index contributed by atoms with van der Waals surface area (Å²) in [4.78, 5) is 10.7. The lowest BCUT2D eigenvalue weighted by Gasteiger charge is -2.14. The van der Waals surface area contributed by atoms with Crippen LogP contribution in [0.1, 0.15) is 0 Å². The van der Waals surface area contributed by atoms with Crippen LogP contribution in [0, 0.1) is 0 Å². The third kappa shape index (κ3) is 3.96. The minimum absolute atomic E-state index is 0.632. The van der Waals surface area contributed by atoms with Crippen molar-refractivity contribution in [1.29, 1.82) is 0 Å². The van der Waals surface area contributed by atoms with Crippen LogP contribution < -0.4 is 0 Å². The van der Waals surface area contributed by atoms with Crippen LogP contribution in [0.5, 0.6) is 0 Å². The summed E-state index contributed by atoms with van der Waals surface area (Å²) in [5, 5.41) is 10.3. The highest BCUT2D eigenvalue weighted by atomic mass is 16.3. The van der Waals surface area contributed by atoms with Crippen molar-refractivity contribution in [3.8, 4) is 22.9 Å². The first kappa shape index (κ1) is 28.5. The molecule has 0 aliphatic rings. The van der Waals surface area contributed by atoms with E-state index in [1.165, 1.54) is 27.2 Å². The number of furan rings is 1. The first-order valence-corrected chi connectivity index (χ1v) is 17.9. The molecule has 5 nitrogen and oxygen atoms in total. The zero-order chi connectivity index (χ0) is 34.6. The predicted octanol–water partition coefficient (Wildman–Crippen LogP) is 12.5. The number of hydrogen-bond acceptors (Lipinski definition) is 3. The molecule has 0 aliphatic carbocycles. The molecule has 53 heavy (non-hydrogen) atoms. The van der Waals surface area contributed by atoms with Crippen molar-refractivity contribution in [1.82, 2.24) is 19.1 Å². The normalized spacial score (nSPS) is 12.2. The van der Waals surface area contributed by atoms with Gasteiger partial charge in [0.15, 0.2) is 0 Å². The van der Waals surface area contributed by atoms with Gasteiger partial charge in [-0.2, -0.15) is 0 Å². The second-order valence-corrected chi connectivity index (χ2v) is 13.8. The van der Waals surface area contributed by atoms with Crippen LogP contribution in [0.4, 0.5) is 0 Å². The minimum atomic E-state index is 0.632. The summed E-state index contributed by atoms with van der Waals surface area (Å²) >= 11 is 0. The highest BCUT2D eigenvalue weighted by Gasteiger charge is 2.21. The van der Waals surface area contributed by atoms with Gasteiger partial charge in [-0.1, -0.05) is 115 Å². The molecule has 12 rings (SSSR count). The van der Waals surface area contributed by atoms with Crippen molar-refractivity contribution in [3.63, 3.8) is 0 Å². The Kier molecular flexibility index (Phi) is 5.71. The monoisotopic (exact) mass is 676 g/mol. The molecule has 0 saturated carbocycles. The van der Waals surface area contributed by atoms with Gasteiger partial charge in [-0.05, 0) is 60.0 Å². The number of nitrogens with zero attached hydrogens (tertiary/aromatic N) is 4. The second-order valence-electron chi connectivity index (χ2n) is 13.8. The van der Waals surface area contributed by atoms with Crippen molar-refractivity contribution in [2.75, 3.05) is 0 Å². The summed E-state index contributed by atoms with van der Waals surface area (Å²) in [5.41, 5.74) is 10.2. The predicted molar refractivity (Wildman–Crippen MR) is 218 cm³/mol. The van der Waals surface area contributed by atoms with Gasteiger partial charge < -0.3 is 8.98 Å². The lowest BCUT2D eigenvalue weighted by Crippen LogP contribution is -2.03. The van der Waals surface area contributed by atoms with Crippen LogP contribution in [0.2, 0.25) is 0 Å². The number of aromatic nitrogens is 4. The van der Waals surface area contributed by atoms with E-state index in [1.807, 2.05) is 24.3 Å². The van der Waals surface area contributed by atoms with Crippen LogP contribution in [0.3, 0.4) is 0 Å². The molecule has 0 spiro atoms. The Balaban J connectivity index is 1.16. The van der Waals surface area contributed by atoms with Gasteiger partial charge >= 0.3 is 0 Å². The van der Waals surface area contributed by atoms with Gasteiger partial charge in [0.2, 0.25) is 5.95 Å². The van der Waals surface area contributed by atoms with E-state index in [4.69, 9.17) is 14.4 Å². The molecule has 0 amide bonds. The van der Waals surface area contributed by atoms with Gasteiger partial charge in [0.1, 0.15) is 11.2 Å². The van der Waals surface area contributed by atoms with Gasteiger partial charge in [0, 0.05) is 48.7 Å². The molecule has 0 unspecified atom stereocenters. The first-order valence-electron chi connectivity index (χ1n) is 17.9. The summed E-state index contributed by atoms with van der Waals surface area (Å²) in [7, 11) is 0. The number of para-hydroxylation sites is 5. The molecule has 0 radical (unpaired) electrons. The number of benzene rings is 8. The molecule has 0 bridgehead atoms. The fourth-order valence-corrected chi connectivity index (χ4v) is 8.66. The van der Waals surface area contributed by atoms with Crippen molar-refractivity contribution in [3.05, 3.63) is 170 Å². The minimum Gasteiger partial charge on any atom is -0.456 e. The average molecular weight is 677 g/mol. The zero-order valence-electron chi connectivity index (χ0n) is 28.4. The lowest BCUT2D eigenvalue weighted by atomic mass is 10.0. The van der Waals surface area contributed by atoms with E-state index in [1.54, 1.807) is 0 Å². The van der Waals surface area contributed by atoms with E-state index in [-0.39, 0.29) is 0 Å². The third-order valence-corrected chi connectivity index (χ3v) is 10.9. The van der Waals surface area contributed by atoms with Crippen molar-refractivity contribution in [2.45, 2.75) is 0 Å². The fraction of sp³-hybridized carbons (Fsp3) is 0. The van der Waals surface area contributed by atoms with Gasteiger partial charge in [-0.25, -0.2) is 9.97 Å². The molecule has 8 aromatic carbocycles. The molecular formula is C48H28N4O.